The first kappa shape index (κ1) is 15.0. The Morgan fingerprint density at radius 3 is 2.96 bits per heavy atom. The van der Waals surface area contributed by atoms with Gasteiger partial charge in [-0.25, -0.2) is 4.79 Å². The third-order valence-corrected chi connectivity index (χ3v) is 3.30. The number of imide groups is 1. The maximum Gasteiger partial charge on any atom is 0.322 e. The Morgan fingerprint density at radius 2 is 2.26 bits per heavy atom. The number of amides is 4. The highest BCUT2D eigenvalue weighted by Gasteiger charge is 2.33. The second-order valence-corrected chi connectivity index (χ2v) is 4.90. The topological polar surface area (TPSA) is 123 Å². The number of hydrogen-bond acceptors (Lipinski definition) is 6. The van der Waals surface area contributed by atoms with Gasteiger partial charge in [0.25, 0.3) is 11.8 Å². The Morgan fingerprint density at radius 1 is 1.43 bits per heavy atom. The van der Waals surface area contributed by atoms with Crippen LogP contribution >= 0.6 is 0 Å². The largest absolute Gasteiger partial charge is 0.457 e. The average Bonchev–Trinajstić information content (AvgIpc) is 3.09. The van der Waals surface area contributed by atoms with Crippen molar-refractivity contribution in [2.24, 2.45) is 0 Å². The van der Waals surface area contributed by atoms with Crippen molar-refractivity contribution >= 4 is 28.9 Å². The molecule has 0 radical (unpaired) electrons. The number of hydrogen-bond donors (Lipinski definition) is 3. The van der Waals surface area contributed by atoms with E-state index in [1.165, 1.54) is 12.3 Å². The number of urea groups is 1. The van der Waals surface area contributed by atoms with E-state index < -0.39 is 18.0 Å². The molecule has 0 spiro atoms. The molecule has 1 saturated heterocycles. The van der Waals surface area contributed by atoms with Crippen LogP contribution in [0.25, 0.3) is 11.1 Å². The van der Waals surface area contributed by atoms with Gasteiger partial charge in [0.2, 0.25) is 0 Å². The highest BCUT2D eigenvalue weighted by molar-refractivity contribution is 6.04. The summed E-state index contributed by atoms with van der Waals surface area (Å²) < 4.78 is 10.4. The number of carbonyl (C=O) groups excluding carboxylic acids is 3. The number of fused-ring (bicyclic) bond motifs is 1. The van der Waals surface area contributed by atoms with Gasteiger partial charge in [0.15, 0.2) is 11.6 Å². The molecule has 4 amide bonds. The van der Waals surface area contributed by atoms with E-state index in [2.05, 4.69) is 20.9 Å². The van der Waals surface area contributed by atoms with Crippen molar-refractivity contribution in [2.75, 3.05) is 20.3 Å². The molecule has 23 heavy (non-hydrogen) atoms. The molecule has 1 unspecified atom stereocenters. The molecule has 1 fully saturated rings. The van der Waals surface area contributed by atoms with Crippen LogP contribution in [-0.2, 0) is 9.53 Å². The Hall–Kier alpha value is -2.94. The Bertz CT molecular complexity index is 785. The van der Waals surface area contributed by atoms with Crippen LogP contribution in [0, 0.1) is 0 Å². The Kier molecular flexibility index (Phi) is 3.94. The fourth-order valence-electron chi connectivity index (χ4n) is 2.19. The Labute approximate surface area is 130 Å². The number of furan rings is 1. The number of rotatable bonds is 5. The van der Waals surface area contributed by atoms with Crippen LogP contribution in [-0.4, -0.2) is 43.1 Å². The summed E-state index contributed by atoms with van der Waals surface area (Å²) in [6, 6.07) is 1.61. The maximum absolute atomic E-state index is 12.0. The van der Waals surface area contributed by atoms with Gasteiger partial charge in [0, 0.05) is 25.9 Å². The standard InChI is InChI=1S/C14H14N4O5/c1-22-3-2-15-12(19)7-4-9-8(16-6-7)5-10(23-9)11-13(20)18-14(21)17-11/h4-6,11H,2-3H2,1H3,(H,15,19)(H2,17,18,20,21). The summed E-state index contributed by atoms with van der Waals surface area (Å²) in [4.78, 5) is 38.9. The van der Waals surface area contributed by atoms with E-state index in [1.54, 1.807) is 13.2 Å². The lowest BCUT2D eigenvalue weighted by molar-refractivity contribution is -0.120. The number of ether oxygens (including phenoxy) is 1. The highest BCUT2D eigenvalue weighted by atomic mass is 16.5. The van der Waals surface area contributed by atoms with Crippen LogP contribution in [0.3, 0.4) is 0 Å². The lowest BCUT2D eigenvalue weighted by atomic mass is 10.2. The predicted octanol–water partition coefficient (Wildman–Crippen LogP) is 0.0845. The second-order valence-electron chi connectivity index (χ2n) is 4.90. The summed E-state index contributed by atoms with van der Waals surface area (Å²) in [6.45, 7) is 0.786. The third-order valence-electron chi connectivity index (χ3n) is 3.30. The van der Waals surface area contributed by atoms with E-state index in [1.807, 2.05) is 0 Å². The molecular weight excluding hydrogens is 304 g/mol. The molecule has 2 aromatic rings. The molecule has 0 aromatic carbocycles. The molecule has 9 heteroatoms. The quantitative estimate of drug-likeness (QED) is 0.530. The number of methoxy groups -OCH3 is 1. The van der Waals surface area contributed by atoms with Gasteiger partial charge in [-0.05, 0) is 6.07 Å². The summed E-state index contributed by atoms with van der Waals surface area (Å²) in [7, 11) is 1.54. The SMILES string of the molecule is COCCNC(=O)c1cnc2cc(C3NC(=O)NC3=O)oc2c1. The van der Waals surface area contributed by atoms with Gasteiger partial charge in [-0.2, -0.15) is 0 Å². The first-order valence-electron chi connectivity index (χ1n) is 6.86. The van der Waals surface area contributed by atoms with Gasteiger partial charge < -0.3 is 19.8 Å². The van der Waals surface area contributed by atoms with Gasteiger partial charge in [0.05, 0.1) is 12.2 Å². The van der Waals surface area contributed by atoms with Crippen molar-refractivity contribution in [3.63, 3.8) is 0 Å². The minimum absolute atomic E-state index is 0.257. The molecule has 9 nitrogen and oxygen atoms in total. The van der Waals surface area contributed by atoms with Gasteiger partial charge in [0.1, 0.15) is 11.3 Å². The maximum atomic E-state index is 12.0. The van der Waals surface area contributed by atoms with E-state index in [4.69, 9.17) is 9.15 Å². The van der Waals surface area contributed by atoms with Crippen molar-refractivity contribution in [3.05, 3.63) is 29.7 Å². The molecule has 1 aliphatic heterocycles. The lowest BCUT2D eigenvalue weighted by Gasteiger charge is -2.03. The van der Waals surface area contributed by atoms with Crippen LogP contribution < -0.4 is 16.0 Å². The number of pyridine rings is 1. The van der Waals surface area contributed by atoms with Gasteiger partial charge in [-0.1, -0.05) is 0 Å². The van der Waals surface area contributed by atoms with Crippen LogP contribution in [0.15, 0.2) is 22.7 Å². The fourth-order valence-corrected chi connectivity index (χ4v) is 2.19. The number of nitrogens with zero attached hydrogens (tertiary/aromatic N) is 1. The molecule has 120 valence electrons. The predicted molar refractivity (Wildman–Crippen MR) is 77.6 cm³/mol. The van der Waals surface area contributed by atoms with E-state index in [9.17, 15) is 14.4 Å². The molecule has 1 atom stereocenters. The molecule has 0 aliphatic carbocycles. The summed E-state index contributed by atoms with van der Waals surface area (Å²) in [5.41, 5.74) is 1.17. The summed E-state index contributed by atoms with van der Waals surface area (Å²) in [5, 5.41) is 7.23. The molecule has 2 aromatic heterocycles. The van der Waals surface area contributed by atoms with Crippen molar-refractivity contribution in [2.45, 2.75) is 6.04 Å². The second kappa shape index (κ2) is 6.05. The number of nitrogens with one attached hydrogen (secondary N) is 3. The third kappa shape index (κ3) is 2.99. The van der Waals surface area contributed by atoms with Crippen LogP contribution in [0.1, 0.15) is 22.2 Å². The average molecular weight is 318 g/mol. The van der Waals surface area contributed by atoms with E-state index in [0.717, 1.165) is 0 Å². The summed E-state index contributed by atoms with van der Waals surface area (Å²) in [5.74, 6) is -0.541. The number of carbonyl (C=O) groups is 3. The van der Waals surface area contributed by atoms with Crippen molar-refractivity contribution < 1.29 is 23.5 Å². The van der Waals surface area contributed by atoms with Crippen LogP contribution in [0.2, 0.25) is 0 Å². The zero-order valence-corrected chi connectivity index (χ0v) is 12.2. The molecule has 3 N–H and O–H groups in total. The normalized spacial score (nSPS) is 17.2. The smallest absolute Gasteiger partial charge is 0.322 e. The van der Waals surface area contributed by atoms with Crippen molar-refractivity contribution in [1.82, 2.24) is 20.9 Å². The zero-order valence-electron chi connectivity index (χ0n) is 12.2. The number of aromatic nitrogens is 1. The van der Waals surface area contributed by atoms with Gasteiger partial charge in [-0.15, -0.1) is 0 Å². The lowest BCUT2D eigenvalue weighted by Crippen LogP contribution is -2.26. The van der Waals surface area contributed by atoms with Crippen molar-refractivity contribution in [1.29, 1.82) is 0 Å². The van der Waals surface area contributed by atoms with E-state index >= 15 is 0 Å². The summed E-state index contributed by atoms with van der Waals surface area (Å²) >= 11 is 0. The zero-order chi connectivity index (χ0) is 16.4. The monoisotopic (exact) mass is 318 g/mol. The van der Waals surface area contributed by atoms with E-state index in [0.29, 0.717) is 29.8 Å². The first-order valence-corrected chi connectivity index (χ1v) is 6.86. The van der Waals surface area contributed by atoms with E-state index in [-0.39, 0.29) is 11.7 Å². The van der Waals surface area contributed by atoms with Crippen LogP contribution in [0.4, 0.5) is 4.79 Å². The molecule has 3 heterocycles. The summed E-state index contributed by atoms with van der Waals surface area (Å²) in [6.07, 6.45) is 1.41. The minimum atomic E-state index is -0.893. The minimum Gasteiger partial charge on any atom is -0.457 e. The van der Waals surface area contributed by atoms with Gasteiger partial charge in [-0.3, -0.25) is 19.9 Å². The van der Waals surface area contributed by atoms with Crippen molar-refractivity contribution in [3.8, 4) is 0 Å². The van der Waals surface area contributed by atoms with Crippen LogP contribution in [0.5, 0.6) is 0 Å². The first-order chi connectivity index (χ1) is 11.1. The molecule has 1 aliphatic rings. The molecule has 3 rings (SSSR count). The molecule has 0 saturated carbocycles. The molecule has 0 bridgehead atoms. The Balaban J connectivity index is 1.82. The fraction of sp³-hybridized carbons (Fsp3) is 0.286. The van der Waals surface area contributed by atoms with Gasteiger partial charge >= 0.3 is 6.03 Å². The highest BCUT2D eigenvalue weighted by Crippen LogP contribution is 2.25. The molecular formula is C14H14N4O5.